The average molecular weight is 266 g/mol. The van der Waals surface area contributed by atoms with Crippen LogP contribution >= 0.6 is 15.9 Å². The van der Waals surface area contributed by atoms with Crippen molar-refractivity contribution in [3.8, 4) is 11.3 Å². The summed E-state index contributed by atoms with van der Waals surface area (Å²) in [4.78, 5) is 7.51. The maximum absolute atomic E-state index is 5.47. The normalized spacial score (nSPS) is 10.5. The van der Waals surface area contributed by atoms with E-state index >= 15 is 0 Å². The molecule has 3 nitrogen and oxygen atoms in total. The molecule has 0 amide bonds. The second kappa shape index (κ2) is 4.59. The number of rotatable bonds is 3. The van der Waals surface area contributed by atoms with E-state index in [2.05, 4.69) is 32.0 Å². The molecule has 1 aromatic heterocycles. The number of halogens is 1. The molecule has 0 bridgehead atoms. The largest absolute Gasteiger partial charge is 0.342 e. The highest BCUT2D eigenvalue weighted by Gasteiger charge is 2.02. The predicted molar refractivity (Wildman–Crippen MR) is 64.5 cm³/mol. The Morgan fingerprint density at radius 2 is 2.27 bits per heavy atom. The van der Waals surface area contributed by atoms with Crippen LogP contribution in [0.3, 0.4) is 0 Å². The summed E-state index contributed by atoms with van der Waals surface area (Å²) in [6, 6.07) is 8.10. The second-order valence-corrected chi connectivity index (χ2v) is 4.21. The van der Waals surface area contributed by atoms with Gasteiger partial charge in [0.05, 0.1) is 11.9 Å². The summed E-state index contributed by atoms with van der Waals surface area (Å²) < 4.78 is 1.06. The second-order valence-electron chi connectivity index (χ2n) is 3.29. The quantitative estimate of drug-likeness (QED) is 0.895. The number of H-pyrrole nitrogens is 1. The van der Waals surface area contributed by atoms with Crippen molar-refractivity contribution < 1.29 is 0 Å². The number of nitrogens with one attached hydrogen (secondary N) is 1. The third-order valence-electron chi connectivity index (χ3n) is 2.15. The number of aromatic amines is 1. The van der Waals surface area contributed by atoms with Crippen LogP contribution in [0.2, 0.25) is 0 Å². The molecule has 0 spiro atoms. The summed E-state index contributed by atoms with van der Waals surface area (Å²) in [6.45, 7) is 0.617. The Bertz CT molecular complexity index is 451. The minimum absolute atomic E-state index is 0.617. The van der Waals surface area contributed by atoms with Crippen LogP contribution in [0.5, 0.6) is 0 Å². The fourth-order valence-electron chi connectivity index (χ4n) is 1.43. The number of nitrogens with two attached hydrogens (primary N) is 1. The molecule has 0 aliphatic rings. The number of nitrogens with zero attached hydrogens (tertiary/aromatic N) is 1. The van der Waals surface area contributed by atoms with Crippen LogP contribution in [-0.2, 0) is 6.42 Å². The van der Waals surface area contributed by atoms with Gasteiger partial charge < -0.3 is 10.7 Å². The van der Waals surface area contributed by atoms with Crippen molar-refractivity contribution in [2.45, 2.75) is 6.42 Å². The van der Waals surface area contributed by atoms with Gasteiger partial charge in [0.15, 0.2) is 0 Å². The van der Waals surface area contributed by atoms with Gasteiger partial charge in [0.1, 0.15) is 5.82 Å². The van der Waals surface area contributed by atoms with Gasteiger partial charge in [0.2, 0.25) is 0 Å². The Kier molecular flexibility index (Phi) is 3.18. The molecule has 1 aromatic carbocycles. The first-order chi connectivity index (χ1) is 7.29. The molecule has 2 rings (SSSR count). The molecule has 2 aromatic rings. The van der Waals surface area contributed by atoms with Gasteiger partial charge in [0.25, 0.3) is 0 Å². The molecule has 1 heterocycles. The maximum atomic E-state index is 5.47. The summed E-state index contributed by atoms with van der Waals surface area (Å²) in [5.74, 6) is 0.937. The van der Waals surface area contributed by atoms with Gasteiger partial charge in [-0.05, 0) is 18.7 Å². The van der Waals surface area contributed by atoms with Crippen molar-refractivity contribution >= 4 is 15.9 Å². The molecule has 0 fully saturated rings. The Morgan fingerprint density at radius 3 is 3.00 bits per heavy atom. The van der Waals surface area contributed by atoms with Gasteiger partial charge in [-0.25, -0.2) is 4.98 Å². The standard InChI is InChI=1S/C11H12BrN3/c12-9-3-1-2-8(6-9)10-7-14-11(15-10)4-5-13/h1-3,6-7H,4-5,13H2,(H,14,15). The van der Waals surface area contributed by atoms with Gasteiger partial charge in [-0.15, -0.1) is 0 Å². The Labute approximate surface area is 96.9 Å². The van der Waals surface area contributed by atoms with E-state index in [1.54, 1.807) is 0 Å². The van der Waals surface area contributed by atoms with E-state index < -0.39 is 0 Å². The van der Waals surface area contributed by atoms with Gasteiger partial charge in [-0.1, -0.05) is 28.1 Å². The Balaban J connectivity index is 2.29. The van der Waals surface area contributed by atoms with Crippen LogP contribution in [0.15, 0.2) is 34.9 Å². The first kappa shape index (κ1) is 10.4. The summed E-state index contributed by atoms with van der Waals surface area (Å²) in [6.07, 6.45) is 2.63. The fourth-order valence-corrected chi connectivity index (χ4v) is 1.83. The first-order valence-electron chi connectivity index (χ1n) is 4.79. The van der Waals surface area contributed by atoms with Crippen molar-refractivity contribution in [1.82, 2.24) is 9.97 Å². The highest BCUT2D eigenvalue weighted by molar-refractivity contribution is 9.10. The molecule has 3 N–H and O–H groups in total. The van der Waals surface area contributed by atoms with Crippen molar-refractivity contribution in [1.29, 1.82) is 0 Å². The Hall–Kier alpha value is -1.13. The lowest BCUT2D eigenvalue weighted by atomic mass is 10.2. The summed E-state index contributed by atoms with van der Waals surface area (Å²) in [5.41, 5.74) is 7.62. The van der Waals surface area contributed by atoms with E-state index in [0.717, 1.165) is 28.0 Å². The minimum atomic E-state index is 0.617. The minimum Gasteiger partial charge on any atom is -0.342 e. The molecule has 78 valence electrons. The van der Waals surface area contributed by atoms with Gasteiger partial charge in [-0.2, -0.15) is 0 Å². The summed E-state index contributed by atoms with van der Waals surface area (Å²) >= 11 is 3.44. The molecular formula is C11H12BrN3. The van der Waals surface area contributed by atoms with E-state index in [1.165, 1.54) is 0 Å². The van der Waals surface area contributed by atoms with Gasteiger partial charge >= 0.3 is 0 Å². The first-order valence-corrected chi connectivity index (χ1v) is 5.59. The van der Waals surface area contributed by atoms with Gasteiger partial charge in [-0.3, -0.25) is 0 Å². The van der Waals surface area contributed by atoms with E-state index in [0.29, 0.717) is 6.54 Å². The third kappa shape index (κ3) is 2.46. The van der Waals surface area contributed by atoms with Crippen molar-refractivity contribution in [2.75, 3.05) is 6.54 Å². The topological polar surface area (TPSA) is 54.7 Å². The average Bonchev–Trinajstić information content (AvgIpc) is 2.67. The molecule has 0 saturated carbocycles. The number of aromatic nitrogens is 2. The van der Waals surface area contributed by atoms with Crippen LogP contribution in [0.1, 0.15) is 5.82 Å². The maximum Gasteiger partial charge on any atom is 0.107 e. The number of benzene rings is 1. The van der Waals surface area contributed by atoms with Crippen LogP contribution in [-0.4, -0.2) is 16.5 Å². The molecule has 0 atom stereocenters. The Morgan fingerprint density at radius 1 is 1.40 bits per heavy atom. The predicted octanol–water partition coefficient (Wildman–Crippen LogP) is 2.34. The highest BCUT2D eigenvalue weighted by Crippen LogP contribution is 2.21. The fraction of sp³-hybridized carbons (Fsp3) is 0.182. The molecule has 15 heavy (non-hydrogen) atoms. The SMILES string of the molecule is NCCc1ncc(-c2cccc(Br)c2)[nH]1. The summed E-state index contributed by atoms with van der Waals surface area (Å²) in [5, 5.41) is 0. The monoisotopic (exact) mass is 265 g/mol. The van der Waals surface area contributed by atoms with Crippen LogP contribution in [0, 0.1) is 0 Å². The van der Waals surface area contributed by atoms with Gasteiger partial charge in [0, 0.05) is 16.5 Å². The molecule has 0 radical (unpaired) electrons. The van der Waals surface area contributed by atoms with E-state index in [-0.39, 0.29) is 0 Å². The number of imidazole rings is 1. The number of hydrogen-bond acceptors (Lipinski definition) is 2. The van der Waals surface area contributed by atoms with Crippen molar-refractivity contribution in [3.63, 3.8) is 0 Å². The lowest BCUT2D eigenvalue weighted by molar-refractivity contribution is 0.895. The number of hydrogen-bond donors (Lipinski definition) is 2. The van der Waals surface area contributed by atoms with E-state index in [4.69, 9.17) is 5.73 Å². The zero-order valence-corrected chi connectivity index (χ0v) is 9.79. The molecule has 0 aliphatic heterocycles. The van der Waals surface area contributed by atoms with Crippen LogP contribution in [0.25, 0.3) is 11.3 Å². The summed E-state index contributed by atoms with van der Waals surface area (Å²) in [7, 11) is 0. The van der Waals surface area contributed by atoms with Crippen molar-refractivity contribution in [2.24, 2.45) is 5.73 Å². The molecule has 0 aliphatic carbocycles. The molecule has 0 unspecified atom stereocenters. The molecular weight excluding hydrogens is 254 g/mol. The van der Waals surface area contributed by atoms with Crippen LogP contribution < -0.4 is 5.73 Å². The highest BCUT2D eigenvalue weighted by atomic mass is 79.9. The molecule has 4 heteroatoms. The zero-order valence-electron chi connectivity index (χ0n) is 8.20. The van der Waals surface area contributed by atoms with Crippen molar-refractivity contribution in [3.05, 3.63) is 40.8 Å². The smallest absolute Gasteiger partial charge is 0.107 e. The van der Waals surface area contributed by atoms with E-state index in [1.807, 2.05) is 24.4 Å². The molecule has 0 saturated heterocycles. The van der Waals surface area contributed by atoms with Crippen LogP contribution in [0.4, 0.5) is 0 Å². The zero-order chi connectivity index (χ0) is 10.7. The third-order valence-corrected chi connectivity index (χ3v) is 2.64. The lowest BCUT2D eigenvalue weighted by Gasteiger charge is -1.97. The lowest BCUT2D eigenvalue weighted by Crippen LogP contribution is -2.03. The van der Waals surface area contributed by atoms with E-state index in [9.17, 15) is 0 Å².